The van der Waals surface area contributed by atoms with Gasteiger partial charge in [0, 0.05) is 12.6 Å². The first-order valence-corrected chi connectivity index (χ1v) is 6.03. The van der Waals surface area contributed by atoms with E-state index in [4.69, 9.17) is 9.52 Å². The molecule has 0 fully saturated rings. The Balaban J connectivity index is 2.10. The lowest BCUT2D eigenvalue weighted by molar-refractivity contribution is 0.0697. The number of carboxylic acid groups (broad SMARTS) is 1. The fourth-order valence-corrected chi connectivity index (χ4v) is 1.74. The number of anilines is 1. The molecule has 110 valence electrons. The molecule has 2 amide bonds. The lowest BCUT2D eigenvalue weighted by Crippen LogP contribution is -2.31. The van der Waals surface area contributed by atoms with Gasteiger partial charge in [-0.15, -0.1) is 0 Å². The normalized spacial score (nSPS) is 10.2. The summed E-state index contributed by atoms with van der Waals surface area (Å²) in [6, 6.07) is 4.35. The summed E-state index contributed by atoms with van der Waals surface area (Å²) in [4.78, 5) is 24.4. The third kappa shape index (κ3) is 3.59. The molecule has 0 aliphatic heterocycles. The van der Waals surface area contributed by atoms with Crippen LogP contribution in [0.25, 0.3) is 0 Å². The Morgan fingerprint density at radius 2 is 2.14 bits per heavy atom. The van der Waals surface area contributed by atoms with Crippen LogP contribution in [0.5, 0.6) is 0 Å². The summed E-state index contributed by atoms with van der Waals surface area (Å²) in [5.74, 6) is -2.00. The van der Waals surface area contributed by atoms with Crippen LogP contribution in [0.2, 0.25) is 0 Å². The molecule has 0 saturated carbocycles. The van der Waals surface area contributed by atoms with Gasteiger partial charge in [0.25, 0.3) is 0 Å². The van der Waals surface area contributed by atoms with Gasteiger partial charge in [-0.3, -0.25) is 0 Å². The number of benzene rings is 1. The SMILES string of the molecule is CN(Cc1ccoc1)C(=O)Nc1ccc(F)cc1C(=O)O. The number of nitrogens with one attached hydrogen (secondary N) is 1. The van der Waals surface area contributed by atoms with Crippen LogP contribution in [0.15, 0.2) is 41.2 Å². The maximum absolute atomic E-state index is 13.1. The Morgan fingerprint density at radius 1 is 1.38 bits per heavy atom. The second-order valence-corrected chi connectivity index (χ2v) is 4.41. The van der Waals surface area contributed by atoms with Crippen molar-refractivity contribution < 1.29 is 23.5 Å². The van der Waals surface area contributed by atoms with E-state index in [0.29, 0.717) is 6.54 Å². The fourth-order valence-electron chi connectivity index (χ4n) is 1.74. The smallest absolute Gasteiger partial charge is 0.337 e. The van der Waals surface area contributed by atoms with Gasteiger partial charge in [-0.1, -0.05) is 0 Å². The molecule has 2 N–H and O–H groups in total. The minimum atomic E-state index is -1.32. The molecule has 7 heteroatoms. The summed E-state index contributed by atoms with van der Waals surface area (Å²) < 4.78 is 18.0. The van der Waals surface area contributed by atoms with E-state index in [2.05, 4.69) is 5.32 Å². The van der Waals surface area contributed by atoms with Crippen LogP contribution in [-0.2, 0) is 6.54 Å². The average molecular weight is 292 g/mol. The molecular weight excluding hydrogens is 279 g/mol. The molecule has 1 aromatic heterocycles. The Bertz CT molecular complexity index is 655. The van der Waals surface area contributed by atoms with Crippen LogP contribution in [-0.4, -0.2) is 29.1 Å². The van der Waals surface area contributed by atoms with Gasteiger partial charge in [0.1, 0.15) is 5.82 Å². The largest absolute Gasteiger partial charge is 0.478 e. The zero-order valence-electron chi connectivity index (χ0n) is 11.2. The number of aromatic carboxylic acids is 1. The first-order valence-electron chi connectivity index (χ1n) is 6.03. The summed E-state index contributed by atoms with van der Waals surface area (Å²) in [7, 11) is 1.55. The third-order valence-corrected chi connectivity index (χ3v) is 2.80. The van der Waals surface area contributed by atoms with Gasteiger partial charge in [0.15, 0.2) is 0 Å². The number of carbonyl (C=O) groups excluding carboxylic acids is 1. The van der Waals surface area contributed by atoms with Crippen LogP contribution >= 0.6 is 0 Å². The number of hydrogen-bond acceptors (Lipinski definition) is 3. The Morgan fingerprint density at radius 3 is 2.76 bits per heavy atom. The van der Waals surface area contributed by atoms with E-state index in [0.717, 1.165) is 17.7 Å². The first kappa shape index (κ1) is 14.6. The minimum absolute atomic E-state index is 0.0351. The fraction of sp³-hybridized carbons (Fsp3) is 0.143. The molecule has 21 heavy (non-hydrogen) atoms. The zero-order chi connectivity index (χ0) is 15.4. The second kappa shape index (κ2) is 6.08. The molecule has 0 radical (unpaired) electrons. The Kier molecular flexibility index (Phi) is 4.22. The highest BCUT2D eigenvalue weighted by Gasteiger charge is 2.16. The highest BCUT2D eigenvalue weighted by atomic mass is 19.1. The van der Waals surface area contributed by atoms with Crippen molar-refractivity contribution >= 4 is 17.7 Å². The van der Waals surface area contributed by atoms with Crippen molar-refractivity contribution in [2.75, 3.05) is 12.4 Å². The molecule has 0 aliphatic carbocycles. The van der Waals surface area contributed by atoms with Gasteiger partial charge in [0.2, 0.25) is 0 Å². The molecular formula is C14H13FN2O4. The van der Waals surface area contributed by atoms with Crippen molar-refractivity contribution in [1.82, 2.24) is 4.90 Å². The maximum atomic E-state index is 13.1. The summed E-state index contributed by atoms with van der Waals surface area (Å²) in [5, 5.41) is 11.4. The van der Waals surface area contributed by atoms with Crippen molar-refractivity contribution in [2.45, 2.75) is 6.54 Å². The summed E-state index contributed by atoms with van der Waals surface area (Å²) >= 11 is 0. The number of hydrogen-bond donors (Lipinski definition) is 2. The Labute approximate surface area is 119 Å². The Hall–Kier alpha value is -2.83. The predicted octanol–water partition coefficient (Wildman–Crippen LogP) is 2.78. The minimum Gasteiger partial charge on any atom is -0.478 e. The van der Waals surface area contributed by atoms with Crippen molar-refractivity contribution in [3.63, 3.8) is 0 Å². The highest BCUT2D eigenvalue weighted by Crippen LogP contribution is 2.18. The van der Waals surface area contributed by atoms with E-state index in [1.165, 1.54) is 23.5 Å². The molecule has 1 aromatic carbocycles. The maximum Gasteiger partial charge on any atom is 0.337 e. The average Bonchev–Trinajstić information content (AvgIpc) is 2.93. The summed E-state index contributed by atoms with van der Waals surface area (Å²) in [6.07, 6.45) is 2.99. The number of furan rings is 1. The molecule has 2 rings (SSSR count). The molecule has 0 bridgehead atoms. The van der Waals surface area contributed by atoms with Crippen molar-refractivity contribution in [3.05, 3.63) is 53.7 Å². The van der Waals surface area contributed by atoms with Gasteiger partial charge >= 0.3 is 12.0 Å². The molecule has 0 atom stereocenters. The lowest BCUT2D eigenvalue weighted by Gasteiger charge is -2.18. The standard InChI is InChI=1S/C14H13FN2O4/c1-17(7-9-4-5-21-8-9)14(20)16-12-3-2-10(15)6-11(12)13(18)19/h2-6,8H,7H2,1H3,(H,16,20)(H,18,19). The van der Waals surface area contributed by atoms with E-state index in [1.807, 2.05) is 0 Å². The number of rotatable bonds is 4. The van der Waals surface area contributed by atoms with E-state index in [9.17, 15) is 14.0 Å². The van der Waals surface area contributed by atoms with E-state index in [-0.39, 0.29) is 11.3 Å². The number of carboxylic acids is 1. The van der Waals surface area contributed by atoms with Gasteiger partial charge in [0.05, 0.1) is 30.3 Å². The topological polar surface area (TPSA) is 82.8 Å². The lowest BCUT2D eigenvalue weighted by atomic mass is 10.1. The van der Waals surface area contributed by atoms with E-state index >= 15 is 0 Å². The van der Waals surface area contributed by atoms with Crippen molar-refractivity contribution in [2.24, 2.45) is 0 Å². The van der Waals surface area contributed by atoms with Crippen molar-refractivity contribution in [1.29, 1.82) is 0 Å². The molecule has 0 aliphatic rings. The second-order valence-electron chi connectivity index (χ2n) is 4.41. The quantitative estimate of drug-likeness (QED) is 0.907. The van der Waals surface area contributed by atoms with Gasteiger partial charge in [-0.25, -0.2) is 14.0 Å². The predicted molar refractivity (Wildman–Crippen MR) is 72.6 cm³/mol. The summed E-state index contributed by atoms with van der Waals surface area (Å²) in [6.45, 7) is 0.298. The number of nitrogens with zero attached hydrogens (tertiary/aromatic N) is 1. The highest BCUT2D eigenvalue weighted by molar-refractivity contribution is 5.99. The molecule has 2 aromatic rings. The van der Waals surface area contributed by atoms with Crippen LogP contribution in [0.4, 0.5) is 14.9 Å². The van der Waals surface area contributed by atoms with Crippen molar-refractivity contribution in [3.8, 4) is 0 Å². The summed E-state index contributed by atoms with van der Waals surface area (Å²) in [5.41, 5.74) is 0.526. The van der Waals surface area contributed by atoms with Crippen LogP contribution in [0.1, 0.15) is 15.9 Å². The third-order valence-electron chi connectivity index (χ3n) is 2.80. The number of carbonyl (C=O) groups is 2. The molecule has 1 heterocycles. The van der Waals surface area contributed by atoms with Gasteiger partial charge < -0.3 is 19.7 Å². The van der Waals surface area contributed by atoms with Gasteiger partial charge in [-0.05, 0) is 24.3 Å². The number of amides is 2. The molecule has 6 nitrogen and oxygen atoms in total. The van der Waals surface area contributed by atoms with Crippen LogP contribution in [0.3, 0.4) is 0 Å². The van der Waals surface area contributed by atoms with Crippen LogP contribution in [0, 0.1) is 5.82 Å². The monoisotopic (exact) mass is 292 g/mol. The number of urea groups is 1. The van der Waals surface area contributed by atoms with Gasteiger partial charge in [-0.2, -0.15) is 0 Å². The zero-order valence-corrected chi connectivity index (χ0v) is 11.2. The van der Waals surface area contributed by atoms with E-state index < -0.39 is 17.8 Å². The molecule has 0 saturated heterocycles. The van der Waals surface area contributed by atoms with E-state index in [1.54, 1.807) is 13.1 Å². The molecule has 0 spiro atoms. The number of halogens is 1. The van der Waals surface area contributed by atoms with Crippen LogP contribution < -0.4 is 5.32 Å². The molecule has 0 unspecified atom stereocenters. The first-order chi connectivity index (χ1) is 9.97.